The quantitative estimate of drug-likeness (QED) is 0.122. The molecule has 202 valence electrons. The third-order valence-electron chi connectivity index (χ3n) is 5.70. The number of carboxylic acids is 1. The number of nitrogens with one attached hydrogen (secondary N) is 3. The fourth-order valence-corrected chi connectivity index (χ4v) is 3.70. The molecule has 4 atom stereocenters. The molecule has 0 heterocycles. The lowest BCUT2D eigenvalue weighted by Crippen LogP contribution is -2.63. The van der Waals surface area contributed by atoms with Crippen molar-refractivity contribution < 1.29 is 29.1 Å². The molecule has 11 nitrogen and oxygen atoms in total. The third kappa shape index (κ3) is 11.2. The Labute approximate surface area is 208 Å². The van der Waals surface area contributed by atoms with Crippen molar-refractivity contribution in [3.8, 4) is 0 Å². The summed E-state index contributed by atoms with van der Waals surface area (Å²) in [5.74, 6) is -3.63. The van der Waals surface area contributed by atoms with Crippen molar-refractivity contribution in [2.75, 3.05) is 6.54 Å². The number of aliphatic carboxylic acids is 1. The highest BCUT2D eigenvalue weighted by Gasteiger charge is 2.44. The molecular weight excluding hydrogens is 454 g/mol. The lowest BCUT2D eigenvalue weighted by molar-refractivity contribution is -0.150. The van der Waals surface area contributed by atoms with Crippen LogP contribution in [0.2, 0.25) is 0 Å². The summed E-state index contributed by atoms with van der Waals surface area (Å²) in [4.78, 5) is 62.6. The third-order valence-corrected chi connectivity index (χ3v) is 5.70. The number of unbranched alkanes of at least 4 members (excludes halogenated alkanes) is 1. The molecule has 1 unspecified atom stereocenters. The first-order chi connectivity index (χ1) is 16.2. The maximum Gasteiger partial charge on any atom is 0.331 e. The van der Waals surface area contributed by atoms with Crippen molar-refractivity contribution in [2.45, 2.75) is 104 Å². The zero-order chi connectivity index (χ0) is 27.3. The maximum absolute atomic E-state index is 13.2. The van der Waals surface area contributed by atoms with Crippen LogP contribution in [-0.4, -0.2) is 64.8 Å². The molecule has 0 bridgehead atoms. The SMILES string of the molecule is CCC(N)(C(=O)O)C(=O)[C@H](CCCCN)NC(=O)[C@H](CC(C)C)NC(=O)[C@H](CC(C)C)NC(C)=O. The average Bonchev–Trinajstić information content (AvgIpc) is 2.75. The molecule has 0 aliphatic carbocycles. The van der Waals surface area contributed by atoms with E-state index in [9.17, 15) is 29.1 Å². The zero-order valence-corrected chi connectivity index (χ0v) is 22.0. The smallest absolute Gasteiger partial charge is 0.331 e. The minimum atomic E-state index is -2.15. The van der Waals surface area contributed by atoms with E-state index in [0.717, 1.165) is 0 Å². The standard InChI is InChI=1S/C24H45N5O6/c1-7-24(26,23(34)35)20(31)17(10-8-9-11-25)28-22(33)19(13-15(4)5)29-21(32)18(12-14(2)3)27-16(6)30/h14-15,17-19H,7-13,25-26H2,1-6H3,(H,27,30)(H,28,33)(H,29,32)(H,34,35)/t17-,18-,19-,24?/m0/s1. The molecule has 0 aliphatic heterocycles. The maximum atomic E-state index is 13.2. The number of Topliss-reactive ketones (excluding diaryl/α,β-unsaturated/α-hetero) is 1. The molecule has 0 spiro atoms. The van der Waals surface area contributed by atoms with Gasteiger partial charge in [0.15, 0.2) is 11.3 Å². The Morgan fingerprint density at radius 2 is 1.29 bits per heavy atom. The van der Waals surface area contributed by atoms with Crippen LogP contribution in [0, 0.1) is 11.8 Å². The molecule has 3 amide bonds. The number of carbonyl (C=O) groups excluding carboxylic acids is 4. The number of nitrogens with two attached hydrogens (primary N) is 2. The van der Waals surface area contributed by atoms with Gasteiger partial charge >= 0.3 is 5.97 Å². The van der Waals surface area contributed by atoms with Crippen LogP contribution in [0.15, 0.2) is 0 Å². The average molecular weight is 500 g/mol. The van der Waals surface area contributed by atoms with Gasteiger partial charge in [-0.1, -0.05) is 34.6 Å². The highest BCUT2D eigenvalue weighted by atomic mass is 16.4. The number of hydrogen-bond acceptors (Lipinski definition) is 7. The van der Waals surface area contributed by atoms with E-state index in [0.29, 0.717) is 25.8 Å². The van der Waals surface area contributed by atoms with E-state index < -0.39 is 47.2 Å². The van der Waals surface area contributed by atoms with Crippen LogP contribution < -0.4 is 27.4 Å². The van der Waals surface area contributed by atoms with E-state index in [1.54, 1.807) is 0 Å². The van der Waals surface area contributed by atoms with E-state index >= 15 is 0 Å². The summed E-state index contributed by atoms with van der Waals surface area (Å²) in [6, 6.07) is -2.96. The minimum Gasteiger partial charge on any atom is -0.480 e. The first kappa shape index (κ1) is 32.5. The first-order valence-corrected chi connectivity index (χ1v) is 12.3. The monoisotopic (exact) mass is 499 g/mol. The minimum absolute atomic E-state index is 0.0185. The molecule has 0 aromatic rings. The number of carboxylic acid groups (broad SMARTS) is 1. The highest BCUT2D eigenvalue weighted by molar-refractivity contribution is 6.10. The number of hydrogen-bond donors (Lipinski definition) is 6. The van der Waals surface area contributed by atoms with Gasteiger partial charge in [0.25, 0.3) is 0 Å². The lowest BCUT2D eigenvalue weighted by atomic mass is 9.85. The lowest BCUT2D eigenvalue weighted by Gasteiger charge is -2.30. The van der Waals surface area contributed by atoms with E-state index in [1.807, 2.05) is 27.7 Å². The van der Waals surface area contributed by atoms with Gasteiger partial charge in [0.1, 0.15) is 12.1 Å². The Balaban J connectivity index is 5.84. The van der Waals surface area contributed by atoms with E-state index in [4.69, 9.17) is 11.5 Å². The van der Waals surface area contributed by atoms with Gasteiger partial charge < -0.3 is 32.5 Å². The molecule has 0 aromatic carbocycles. The van der Waals surface area contributed by atoms with Crippen molar-refractivity contribution >= 4 is 29.5 Å². The van der Waals surface area contributed by atoms with Crippen molar-refractivity contribution in [2.24, 2.45) is 23.3 Å². The number of amides is 3. The van der Waals surface area contributed by atoms with Gasteiger partial charge in [-0.25, -0.2) is 4.79 Å². The molecular formula is C24H45N5O6. The molecule has 0 aromatic heterocycles. The summed E-state index contributed by atoms with van der Waals surface area (Å²) >= 11 is 0. The van der Waals surface area contributed by atoms with Crippen LogP contribution in [0.25, 0.3) is 0 Å². The molecule has 11 heteroatoms. The van der Waals surface area contributed by atoms with E-state index in [-0.39, 0.29) is 37.0 Å². The van der Waals surface area contributed by atoms with Gasteiger partial charge in [0, 0.05) is 6.92 Å². The molecule has 0 aliphatic rings. The molecule has 0 fully saturated rings. The van der Waals surface area contributed by atoms with Gasteiger partial charge in [-0.05, 0) is 56.9 Å². The van der Waals surface area contributed by atoms with Gasteiger partial charge in [-0.2, -0.15) is 0 Å². The predicted molar refractivity (Wildman–Crippen MR) is 133 cm³/mol. The zero-order valence-electron chi connectivity index (χ0n) is 22.0. The van der Waals surface area contributed by atoms with Crippen LogP contribution in [0.1, 0.15) is 80.1 Å². The largest absolute Gasteiger partial charge is 0.480 e. The second-order valence-electron chi connectivity index (χ2n) is 9.91. The highest BCUT2D eigenvalue weighted by Crippen LogP contribution is 2.16. The number of rotatable bonds is 17. The van der Waals surface area contributed by atoms with Crippen LogP contribution in [0.5, 0.6) is 0 Å². The Morgan fingerprint density at radius 3 is 1.66 bits per heavy atom. The molecule has 0 saturated carbocycles. The van der Waals surface area contributed by atoms with Gasteiger partial charge in [-0.3, -0.25) is 19.2 Å². The summed E-state index contributed by atoms with van der Waals surface area (Å²) in [6.45, 7) is 10.8. The van der Waals surface area contributed by atoms with Gasteiger partial charge in [0.2, 0.25) is 17.7 Å². The Morgan fingerprint density at radius 1 is 0.829 bits per heavy atom. The Hall–Kier alpha value is -2.53. The fraction of sp³-hybridized carbons (Fsp3) is 0.792. The normalized spacial score (nSPS) is 15.6. The van der Waals surface area contributed by atoms with Crippen molar-refractivity contribution in [3.05, 3.63) is 0 Å². The van der Waals surface area contributed by atoms with Gasteiger partial charge in [-0.15, -0.1) is 0 Å². The van der Waals surface area contributed by atoms with Crippen LogP contribution in [0.4, 0.5) is 0 Å². The molecule has 0 rings (SSSR count). The first-order valence-electron chi connectivity index (χ1n) is 12.3. The van der Waals surface area contributed by atoms with Crippen molar-refractivity contribution in [1.82, 2.24) is 16.0 Å². The summed E-state index contributed by atoms with van der Waals surface area (Å²) < 4.78 is 0. The summed E-state index contributed by atoms with van der Waals surface area (Å²) in [7, 11) is 0. The molecule has 35 heavy (non-hydrogen) atoms. The Bertz CT molecular complexity index is 742. The van der Waals surface area contributed by atoms with Crippen molar-refractivity contribution in [3.63, 3.8) is 0 Å². The summed E-state index contributed by atoms with van der Waals surface area (Å²) in [5.41, 5.74) is 9.29. The van der Waals surface area contributed by atoms with E-state index in [2.05, 4.69) is 16.0 Å². The predicted octanol–water partition coefficient (Wildman–Crippen LogP) is 0.443. The van der Waals surface area contributed by atoms with E-state index in [1.165, 1.54) is 13.8 Å². The fourth-order valence-electron chi connectivity index (χ4n) is 3.70. The second kappa shape index (κ2) is 15.5. The number of carbonyl (C=O) groups is 5. The Kier molecular flexibility index (Phi) is 14.3. The van der Waals surface area contributed by atoms with Crippen molar-refractivity contribution in [1.29, 1.82) is 0 Å². The molecule has 8 N–H and O–H groups in total. The number of ketones is 1. The van der Waals surface area contributed by atoms with Crippen LogP contribution in [0.3, 0.4) is 0 Å². The summed E-state index contributed by atoms with van der Waals surface area (Å²) in [5, 5.41) is 17.5. The van der Waals surface area contributed by atoms with Crippen LogP contribution in [-0.2, 0) is 24.0 Å². The second-order valence-corrected chi connectivity index (χ2v) is 9.91. The molecule has 0 saturated heterocycles. The van der Waals surface area contributed by atoms with Gasteiger partial charge in [0.05, 0.1) is 6.04 Å². The van der Waals surface area contributed by atoms with Crippen LogP contribution >= 0.6 is 0 Å². The summed E-state index contributed by atoms with van der Waals surface area (Å²) in [6.07, 6.45) is 1.73. The molecule has 0 radical (unpaired) electrons. The topological polar surface area (TPSA) is 194 Å².